The van der Waals surface area contributed by atoms with E-state index in [0.717, 1.165) is 0 Å². The Kier molecular flexibility index (Phi) is 4.62. The van der Waals surface area contributed by atoms with Gasteiger partial charge in [-0.1, -0.05) is 23.2 Å². The number of hydrogen-bond acceptors (Lipinski definition) is 3. The molecule has 0 aliphatic rings. The summed E-state index contributed by atoms with van der Waals surface area (Å²) in [6, 6.07) is 13.2. The summed E-state index contributed by atoms with van der Waals surface area (Å²) in [6.07, 6.45) is 0. The number of rotatable bonds is 4. The topological polar surface area (TPSA) is 50.1 Å². The van der Waals surface area contributed by atoms with E-state index in [2.05, 4.69) is 0 Å². The van der Waals surface area contributed by atoms with Crippen LogP contribution in [0.2, 0.25) is 10.0 Å². The van der Waals surface area contributed by atoms with Gasteiger partial charge in [-0.3, -0.25) is 4.79 Å². The number of Topliss-reactive ketones (excluding diaryl/α,β-unsaturated/α-hetero) is 1. The summed E-state index contributed by atoms with van der Waals surface area (Å²) in [7, 11) is 0. The second-order valence-electron chi connectivity index (χ2n) is 3.97. The number of ketones is 1. The van der Waals surface area contributed by atoms with Gasteiger partial charge in [-0.2, -0.15) is 5.26 Å². The molecule has 5 heteroatoms. The van der Waals surface area contributed by atoms with Gasteiger partial charge in [-0.05, 0) is 42.5 Å². The highest BCUT2D eigenvalue weighted by Gasteiger charge is 2.12. The number of ether oxygens (including phenoxy) is 1. The van der Waals surface area contributed by atoms with Crippen LogP contribution in [0.1, 0.15) is 15.9 Å². The van der Waals surface area contributed by atoms with E-state index < -0.39 is 0 Å². The highest BCUT2D eigenvalue weighted by molar-refractivity contribution is 6.35. The molecule has 0 amide bonds. The maximum Gasteiger partial charge on any atom is 0.201 e. The Morgan fingerprint density at radius 3 is 2.50 bits per heavy atom. The first-order valence-corrected chi connectivity index (χ1v) is 6.47. The molecule has 0 saturated carbocycles. The third kappa shape index (κ3) is 3.51. The summed E-state index contributed by atoms with van der Waals surface area (Å²) >= 11 is 11.8. The zero-order chi connectivity index (χ0) is 14.5. The molecule has 0 spiro atoms. The fraction of sp³-hybridized carbons (Fsp3) is 0.0667. The molecule has 20 heavy (non-hydrogen) atoms. The highest BCUT2D eigenvalue weighted by Crippen LogP contribution is 2.21. The van der Waals surface area contributed by atoms with Gasteiger partial charge in [-0.15, -0.1) is 0 Å². The first kappa shape index (κ1) is 14.4. The Hall–Kier alpha value is -2.02. The van der Waals surface area contributed by atoms with Gasteiger partial charge in [0.15, 0.2) is 6.61 Å². The van der Waals surface area contributed by atoms with Crippen LogP contribution in [0.3, 0.4) is 0 Å². The van der Waals surface area contributed by atoms with Crippen molar-refractivity contribution in [3.05, 3.63) is 63.6 Å². The number of nitrogens with zero attached hydrogens (tertiary/aromatic N) is 1. The van der Waals surface area contributed by atoms with E-state index in [-0.39, 0.29) is 12.4 Å². The quantitative estimate of drug-likeness (QED) is 0.798. The number of carbonyl (C=O) groups is 1. The minimum absolute atomic E-state index is 0.147. The fourth-order valence-corrected chi connectivity index (χ4v) is 1.96. The zero-order valence-electron chi connectivity index (χ0n) is 10.3. The van der Waals surface area contributed by atoms with Crippen LogP contribution in [0.25, 0.3) is 0 Å². The van der Waals surface area contributed by atoms with Crippen molar-refractivity contribution in [1.29, 1.82) is 5.26 Å². The smallest absolute Gasteiger partial charge is 0.201 e. The number of nitriles is 1. The van der Waals surface area contributed by atoms with Crippen LogP contribution in [0.15, 0.2) is 42.5 Å². The molecule has 0 fully saturated rings. The molecule has 2 aromatic rings. The summed E-state index contributed by atoms with van der Waals surface area (Å²) in [5, 5.41) is 9.46. The van der Waals surface area contributed by atoms with Crippen LogP contribution in [0.5, 0.6) is 5.75 Å². The van der Waals surface area contributed by atoms with Crippen LogP contribution in [-0.4, -0.2) is 12.4 Å². The lowest BCUT2D eigenvalue weighted by Gasteiger charge is -2.07. The molecule has 0 bridgehead atoms. The van der Waals surface area contributed by atoms with Gasteiger partial charge in [0.2, 0.25) is 5.78 Å². The molecule has 3 nitrogen and oxygen atoms in total. The SMILES string of the molecule is N#Cc1ccc(OCC(=O)c2cc(Cl)ccc2Cl)cc1. The molecule has 0 aliphatic heterocycles. The number of carbonyl (C=O) groups excluding carboxylic acids is 1. The van der Waals surface area contributed by atoms with Gasteiger partial charge >= 0.3 is 0 Å². The van der Waals surface area contributed by atoms with E-state index in [0.29, 0.717) is 26.9 Å². The zero-order valence-corrected chi connectivity index (χ0v) is 11.8. The number of halogens is 2. The molecule has 100 valence electrons. The minimum Gasteiger partial charge on any atom is -0.485 e. The first-order valence-electron chi connectivity index (χ1n) is 5.71. The van der Waals surface area contributed by atoms with Crippen molar-refractivity contribution >= 4 is 29.0 Å². The molecule has 0 radical (unpaired) electrons. The summed E-state index contributed by atoms with van der Waals surface area (Å²) in [5.74, 6) is 0.248. The Bertz CT molecular complexity index is 675. The van der Waals surface area contributed by atoms with Crippen molar-refractivity contribution in [2.45, 2.75) is 0 Å². The molecule has 0 saturated heterocycles. The Morgan fingerprint density at radius 2 is 1.85 bits per heavy atom. The van der Waals surface area contributed by atoms with E-state index in [4.69, 9.17) is 33.2 Å². The van der Waals surface area contributed by atoms with Gasteiger partial charge in [0.25, 0.3) is 0 Å². The van der Waals surface area contributed by atoms with Gasteiger partial charge in [0.05, 0.1) is 16.7 Å². The van der Waals surface area contributed by atoms with Gasteiger partial charge in [-0.25, -0.2) is 0 Å². The largest absolute Gasteiger partial charge is 0.485 e. The lowest BCUT2D eigenvalue weighted by Crippen LogP contribution is -2.12. The number of hydrogen-bond donors (Lipinski definition) is 0. The Labute approximate surface area is 126 Å². The van der Waals surface area contributed by atoms with Crippen molar-refractivity contribution in [1.82, 2.24) is 0 Å². The predicted octanol–water partition coefficient (Wildman–Crippen LogP) is 4.13. The summed E-state index contributed by atoms with van der Waals surface area (Å²) in [6.45, 7) is -0.147. The van der Waals surface area contributed by atoms with E-state index in [1.54, 1.807) is 36.4 Å². The van der Waals surface area contributed by atoms with E-state index in [9.17, 15) is 4.79 Å². The molecule has 2 rings (SSSR count). The third-order valence-electron chi connectivity index (χ3n) is 2.58. The predicted molar refractivity (Wildman–Crippen MR) is 77.4 cm³/mol. The van der Waals surface area contributed by atoms with Crippen molar-refractivity contribution in [3.63, 3.8) is 0 Å². The van der Waals surface area contributed by atoms with Crippen LogP contribution in [0.4, 0.5) is 0 Å². The normalized spacial score (nSPS) is 9.85. The lowest BCUT2D eigenvalue weighted by molar-refractivity contribution is 0.0921. The van der Waals surface area contributed by atoms with Crippen LogP contribution >= 0.6 is 23.2 Å². The second kappa shape index (κ2) is 6.42. The van der Waals surface area contributed by atoms with Crippen LogP contribution < -0.4 is 4.74 Å². The summed E-state index contributed by atoms with van der Waals surface area (Å²) in [5.41, 5.74) is 0.856. The molecule has 0 aliphatic carbocycles. The van der Waals surface area contributed by atoms with E-state index >= 15 is 0 Å². The number of benzene rings is 2. The van der Waals surface area contributed by atoms with Crippen molar-refractivity contribution in [3.8, 4) is 11.8 Å². The minimum atomic E-state index is -0.262. The maximum atomic E-state index is 12.0. The van der Waals surface area contributed by atoms with Gasteiger partial charge in [0.1, 0.15) is 5.75 Å². The monoisotopic (exact) mass is 305 g/mol. The average Bonchev–Trinajstić information content (AvgIpc) is 2.47. The molecule has 2 aromatic carbocycles. The Balaban J connectivity index is 2.04. The lowest BCUT2D eigenvalue weighted by atomic mass is 10.1. The maximum absolute atomic E-state index is 12.0. The van der Waals surface area contributed by atoms with Crippen LogP contribution in [-0.2, 0) is 0 Å². The summed E-state index contributed by atoms with van der Waals surface area (Å²) < 4.78 is 5.36. The Morgan fingerprint density at radius 1 is 1.15 bits per heavy atom. The molecule has 0 atom stereocenters. The second-order valence-corrected chi connectivity index (χ2v) is 4.82. The molecule has 0 heterocycles. The van der Waals surface area contributed by atoms with Crippen molar-refractivity contribution in [2.24, 2.45) is 0 Å². The standard InChI is InChI=1S/C15H9Cl2NO2/c16-11-3-6-14(17)13(7-11)15(19)9-20-12-4-1-10(8-18)2-5-12/h1-7H,9H2. The molecule has 0 unspecified atom stereocenters. The van der Waals surface area contributed by atoms with Crippen LogP contribution in [0, 0.1) is 11.3 Å². The van der Waals surface area contributed by atoms with E-state index in [1.165, 1.54) is 6.07 Å². The summed E-state index contributed by atoms with van der Waals surface area (Å²) in [4.78, 5) is 12.0. The molecular weight excluding hydrogens is 297 g/mol. The fourth-order valence-electron chi connectivity index (χ4n) is 1.56. The van der Waals surface area contributed by atoms with E-state index in [1.807, 2.05) is 6.07 Å². The third-order valence-corrected chi connectivity index (χ3v) is 3.15. The molecule has 0 N–H and O–H groups in total. The van der Waals surface area contributed by atoms with Crippen molar-refractivity contribution < 1.29 is 9.53 Å². The van der Waals surface area contributed by atoms with Gasteiger partial charge in [0, 0.05) is 10.6 Å². The average molecular weight is 306 g/mol. The highest BCUT2D eigenvalue weighted by atomic mass is 35.5. The van der Waals surface area contributed by atoms with Crippen molar-refractivity contribution in [2.75, 3.05) is 6.61 Å². The first-order chi connectivity index (χ1) is 9.60. The molecular formula is C15H9Cl2NO2. The molecule has 0 aromatic heterocycles. The van der Waals surface area contributed by atoms with Gasteiger partial charge < -0.3 is 4.74 Å².